The second kappa shape index (κ2) is 5.60. The van der Waals surface area contributed by atoms with Crippen molar-refractivity contribution in [1.29, 1.82) is 0 Å². The van der Waals surface area contributed by atoms with Crippen molar-refractivity contribution in [1.82, 2.24) is 10.2 Å². The molecule has 1 fully saturated rings. The monoisotopic (exact) mass is 338 g/mol. The van der Waals surface area contributed by atoms with Crippen LogP contribution < -0.4 is 14.8 Å². The molecule has 1 atom stereocenters. The minimum Gasteiger partial charge on any atom is -0.454 e. The van der Waals surface area contributed by atoms with E-state index >= 15 is 0 Å². The third-order valence-corrected chi connectivity index (χ3v) is 4.27. The van der Waals surface area contributed by atoms with E-state index in [0.29, 0.717) is 28.9 Å². The van der Waals surface area contributed by atoms with Gasteiger partial charge < -0.3 is 14.8 Å². The molecule has 1 N–H and O–H groups in total. The molecule has 0 radical (unpaired) electrons. The summed E-state index contributed by atoms with van der Waals surface area (Å²) in [6, 6.07) is 3.05. The van der Waals surface area contributed by atoms with Crippen LogP contribution in [0.3, 0.4) is 0 Å². The molecule has 2 aliphatic heterocycles. The van der Waals surface area contributed by atoms with Crippen LogP contribution in [0.2, 0.25) is 5.02 Å². The van der Waals surface area contributed by atoms with Gasteiger partial charge in [-0.25, -0.2) is 4.79 Å². The maximum atomic E-state index is 12.6. The molecule has 6 nitrogen and oxygen atoms in total. The van der Waals surface area contributed by atoms with Crippen LogP contribution in [0.1, 0.15) is 32.8 Å². The zero-order valence-electron chi connectivity index (χ0n) is 13.3. The van der Waals surface area contributed by atoms with Crippen molar-refractivity contribution in [2.24, 2.45) is 5.92 Å². The Morgan fingerprint density at radius 1 is 1.35 bits per heavy atom. The highest BCUT2D eigenvalue weighted by molar-refractivity contribution is 6.32. The summed E-state index contributed by atoms with van der Waals surface area (Å²) in [6.45, 7) is 6.07. The number of fused-ring (bicyclic) bond motifs is 1. The number of benzene rings is 1. The first-order valence-electron chi connectivity index (χ1n) is 7.52. The van der Waals surface area contributed by atoms with E-state index in [-0.39, 0.29) is 25.3 Å². The van der Waals surface area contributed by atoms with E-state index in [0.717, 1.165) is 5.56 Å². The van der Waals surface area contributed by atoms with Gasteiger partial charge >= 0.3 is 6.03 Å². The van der Waals surface area contributed by atoms with E-state index in [9.17, 15) is 9.59 Å². The maximum Gasteiger partial charge on any atom is 0.325 e. The van der Waals surface area contributed by atoms with Crippen LogP contribution in [0.5, 0.6) is 11.5 Å². The topological polar surface area (TPSA) is 67.9 Å². The highest BCUT2D eigenvalue weighted by atomic mass is 35.5. The summed E-state index contributed by atoms with van der Waals surface area (Å²) in [5.74, 6) is 1.11. The highest BCUT2D eigenvalue weighted by Crippen LogP contribution is 2.40. The van der Waals surface area contributed by atoms with E-state index in [1.807, 2.05) is 13.8 Å². The normalized spacial score (nSPS) is 22.9. The molecule has 1 saturated heterocycles. The van der Waals surface area contributed by atoms with Gasteiger partial charge in [-0.15, -0.1) is 0 Å². The minimum absolute atomic E-state index is 0.119. The molecular formula is C16H19ClN2O4. The number of rotatable bonds is 4. The molecule has 0 spiro atoms. The van der Waals surface area contributed by atoms with Gasteiger partial charge in [-0.05, 0) is 37.0 Å². The first kappa shape index (κ1) is 15.9. The fourth-order valence-electron chi connectivity index (χ4n) is 3.14. The van der Waals surface area contributed by atoms with Crippen molar-refractivity contribution in [3.05, 3.63) is 22.7 Å². The van der Waals surface area contributed by atoms with Gasteiger partial charge in [0.15, 0.2) is 11.5 Å². The van der Waals surface area contributed by atoms with Crippen LogP contribution >= 0.6 is 11.6 Å². The molecule has 0 aromatic heterocycles. The Kier molecular flexibility index (Phi) is 3.88. The molecule has 1 aromatic carbocycles. The molecule has 23 heavy (non-hydrogen) atoms. The van der Waals surface area contributed by atoms with Gasteiger partial charge in [0.2, 0.25) is 6.79 Å². The number of hydrogen-bond acceptors (Lipinski definition) is 4. The lowest BCUT2D eigenvalue weighted by Gasteiger charge is -2.23. The van der Waals surface area contributed by atoms with Crippen molar-refractivity contribution in [2.45, 2.75) is 39.3 Å². The van der Waals surface area contributed by atoms with Crippen LogP contribution in [-0.4, -0.2) is 29.2 Å². The molecule has 2 heterocycles. The van der Waals surface area contributed by atoms with Gasteiger partial charge in [0.05, 0.1) is 11.6 Å². The average Bonchev–Trinajstić information content (AvgIpc) is 2.98. The Morgan fingerprint density at radius 2 is 2.09 bits per heavy atom. The van der Waals surface area contributed by atoms with Crippen LogP contribution in [0.4, 0.5) is 4.79 Å². The molecule has 2 aliphatic rings. The third kappa shape index (κ3) is 2.83. The Bertz CT molecular complexity index is 676. The summed E-state index contributed by atoms with van der Waals surface area (Å²) in [7, 11) is 0. The van der Waals surface area contributed by atoms with Gasteiger partial charge in [0, 0.05) is 0 Å². The number of imide groups is 1. The largest absolute Gasteiger partial charge is 0.454 e. The Balaban J connectivity index is 1.82. The number of amides is 3. The van der Waals surface area contributed by atoms with Gasteiger partial charge in [-0.2, -0.15) is 0 Å². The van der Waals surface area contributed by atoms with Crippen molar-refractivity contribution >= 4 is 23.5 Å². The lowest BCUT2D eigenvalue weighted by atomic mass is 9.91. The third-order valence-electron chi connectivity index (χ3n) is 3.99. The molecule has 7 heteroatoms. The Morgan fingerprint density at radius 3 is 2.78 bits per heavy atom. The summed E-state index contributed by atoms with van der Waals surface area (Å²) in [5.41, 5.74) is -0.137. The second-order valence-corrected chi connectivity index (χ2v) is 6.97. The number of nitrogens with one attached hydrogen (secondary N) is 1. The molecule has 3 amide bonds. The quantitative estimate of drug-likeness (QED) is 0.857. The zero-order valence-corrected chi connectivity index (χ0v) is 14.1. The number of hydrogen-bond donors (Lipinski definition) is 1. The number of nitrogens with zero attached hydrogens (tertiary/aromatic N) is 1. The number of ether oxygens (including phenoxy) is 2. The zero-order chi connectivity index (χ0) is 16.8. The average molecular weight is 339 g/mol. The second-order valence-electron chi connectivity index (χ2n) is 6.56. The number of halogens is 1. The highest BCUT2D eigenvalue weighted by Gasteiger charge is 2.47. The summed E-state index contributed by atoms with van der Waals surface area (Å²) in [4.78, 5) is 26.1. The molecular weight excluding hydrogens is 320 g/mol. The summed E-state index contributed by atoms with van der Waals surface area (Å²) < 4.78 is 10.6. The fraction of sp³-hybridized carbons (Fsp3) is 0.500. The predicted molar refractivity (Wildman–Crippen MR) is 84.5 cm³/mol. The van der Waals surface area contributed by atoms with E-state index in [1.165, 1.54) is 4.90 Å². The fourth-order valence-corrected chi connectivity index (χ4v) is 3.43. The van der Waals surface area contributed by atoms with Crippen molar-refractivity contribution in [3.8, 4) is 11.5 Å². The van der Waals surface area contributed by atoms with Gasteiger partial charge in [-0.1, -0.05) is 25.4 Å². The number of carbonyl (C=O) groups is 2. The SMILES string of the molecule is CC(C)CC1(C)NC(=O)N(Cc2cc(Cl)c3c(c2)OCO3)C1=O. The standard InChI is InChI=1S/C16H19ClN2O4/c1-9(2)6-16(3)14(20)19(15(21)18-16)7-10-4-11(17)13-12(5-10)22-8-23-13/h4-5,9H,6-8H2,1-3H3,(H,18,21). The maximum absolute atomic E-state index is 12.6. The summed E-state index contributed by atoms with van der Waals surface area (Å²) >= 11 is 6.15. The summed E-state index contributed by atoms with van der Waals surface area (Å²) in [6.07, 6.45) is 0.593. The molecule has 3 rings (SSSR count). The predicted octanol–water partition coefficient (Wildman–Crippen LogP) is 2.93. The van der Waals surface area contributed by atoms with Crippen molar-refractivity contribution in [2.75, 3.05) is 6.79 Å². The number of carbonyl (C=O) groups excluding carboxylic acids is 2. The van der Waals surface area contributed by atoms with Gasteiger partial charge in [0.1, 0.15) is 5.54 Å². The van der Waals surface area contributed by atoms with Crippen molar-refractivity contribution < 1.29 is 19.1 Å². The van der Waals surface area contributed by atoms with Crippen LogP contribution in [-0.2, 0) is 11.3 Å². The van der Waals surface area contributed by atoms with Crippen molar-refractivity contribution in [3.63, 3.8) is 0 Å². The Hall–Kier alpha value is -1.95. The molecule has 0 saturated carbocycles. The van der Waals surface area contributed by atoms with E-state index in [1.54, 1.807) is 19.1 Å². The van der Waals surface area contributed by atoms with Crippen LogP contribution in [0.25, 0.3) is 0 Å². The first-order chi connectivity index (χ1) is 10.8. The lowest BCUT2D eigenvalue weighted by Crippen LogP contribution is -2.44. The van der Waals surface area contributed by atoms with E-state index < -0.39 is 5.54 Å². The lowest BCUT2D eigenvalue weighted by molar-refractivity contribution is -0.131. The van der Waals surface area contributed by atoms with Gasteiger partial charge in [-0.3, -0.25) is 9.69 Å². The molecule has 0 aliphatic carbocycles. The molecule has 1 unspecified atom stereocenters. The number of urea groups is 1. The first-order valence-corrected chi connectivity index (χ1v) is 7.90. The molecule has 124 valence electrons. The Labute approximate surface area is 139 Å². The smallest absolute Gasteiger partial charge is 0.325 e. The van der Waals surface area contributed by atoms with Gasteiger partial charge in [0.25, 0.3) is 5.91 Å². The van der Waals surface area contributed by atoms with Crippen LogP contribution in [0, 0.1) is 5.92 Å². The van der Waals surface area contributed by atoms with E-state index in [2.05, 4.69) is 5.32 Å². The minimum atomic E-state index is -0.856. The molecule has 1 aromatic rings. The van der Waals surface area contributed by atoms with Crippen LogP contribution in [0.15, 0.2) is 12.1 Å². The molecule has 0 bridgehead atoms. The summed E-state index contributed by atoms with van der Waals surface area (Å²) in [5, 5.41) is 3.21. The van der Waals surface area contributed by atoms with E-state index in [4.69, 9.17) is 21.1 Å².